The molecule has 0 aliphatic heterocycles. The number of para-hydroxylation sites is 1. The average Bonchev–Trinajstić information content (AvgIpc) is 1.56. The highest BCUT2D eigenvalue weighted by Gasteiger charge is 2.25. The molecule has 0 saturated heterocycles. The lowest BCUT2D eigenvalue weighted by Gasteiger charge is -2.13. The van der Waals surface area contributed by atoms with Crippen LogP contribution >= 0.6 is 0 Å². The van der Waals surface area contributed by atoms with E-state index in [1.807, 2.05) is 188 Å². The number of benzene rings is 14. The molecule has 0 saturated carbocycles. The molecule has 14 aromatic carbocycles. The molecule has 0 atom stereocenters. The Kier molecular flexibility index (Phi) is 16.2. The lowest BCUT2D eigenvalue weighted by molar-refractivity contribution is 0.669. The van der Waals surface area contributed by atoms with Crippen LogP contribution in [0, 0.1) is 0 Å². The Morgan fingerprint density at radius 1 is 0.164 bits per heavy atom. The molecule has 20 rings (SSSR count). The third-order valence-electron chi connectivity index (χ3n) is 20.2. The Morgan fingerprint density at radius 3 is 0.991 bits per heavy atom. The van der Waals surface area contributed by atoms with Crippen LogP contribution in [0.2, 0.25) is 0 Å². The van der Waals surface area contributed by atoms with E-state index in [-0.39, 0.29) is 0 Å². The summed E-state index contributed by atoms with van der Waals surface area (Å²) in [5, 5.41) is 13.3. The molecule has 0 spiro atoms. The number of rotatable bonds is 15. The van der Waals surface area contributed by atoms with Crippen molar-refractivity contribution < 1.29 is 8.83 Å². The van der Waals surface area contributed by atoms with Crippen LogP contribution in [-0.4, -0.2) is 50.1 Å². The molecule has 20 aromatic rings. The van der Waals surface area contributed by atoms with Gasteiger partial charge in [0.2, 0.25) is 0 Å². The van der Waals surface area contributed by atoms with E-state index < -0.39 is 0 Å². The zero-order valence-electron chi connectivity index (χ0n) is 58.9. The molecule has 0 bridgehead atoms. The summed E-state index contributed by atoms with van der Waals surface area (Å²) in [6, 6.07) is 124. The highest BCUT2D eigenvalue weighted by atomic mass is 16.3. The molecule has 12 heteroatoms. The second-order valence-electron chi connectivity index (χ2n) is 27.0. The molecular formula is C98H60N10O2. The van der Waals surface area contributed by atoms with Crippen molar-refractivity contribution in [2.75, 3.05) is 0 Å². The quantitative estimate of drug-likeness (QED) is 0.0959. The fourth-order valence-electron chi connectivity index (χ4n) is 14.7. The van der Waals surface area contributed by atoms with Gasteiger partial charge in [-0.25, -0.2) is 39.9 Å². The van der Waals surface area contributed by atoms with Crippen molar-refractivity contribution in [3.8, 4) is 169 Å². The number of hydrogen-bond acceptors (Lipinski definition) is 12. The summed E-state index contributed by atoms with van der Waals surface area (Å²) in [6.07, 6.45) is 0. The van der Waals surface area contributed by atoms with E-state index in [9.17, 15) is 0 Å². The third-order valence-corrected chi connectivity index (χ3v) is 20.2. The van der Waals surface area contributed by atoms with Crippen LogP contribution in [0.25, 0.3) is 213 Å². The fraction of sp³-hybridized carbons (Fsp3) is 0. The number of furan rings is 2. The maximum atomic E-state index is 7.23. The maximum Gasteiger partial charge on any atom is 0.168 e. The minimum Gasteiger partial charge on any atom is -0.455 e. The normalized spacial score (nSPS) is 11.5. The van der Waals surface area contributed by atoms with Gasteiger partial charge in [-0.05, 0) is 93.5 Å². The summed E-state index contributed by atoms with van der Waals surface area (Å²) in [7, 11) is 0. The SMILES string of the molecule is c1ccc(-c2ccc(-c3ccc(-c4c(-c5ccc(-c6cc(-c7ccccc7)nc(-c7ccccc7)n6)cc5)ccc5c4oc4cc(-c6cccc(-c7nc(-c8ccccc8)nc(-c8ccc(-c9ccc%10c(oc%11ccccc%11%10)c9-c9nc(-c%10ccccc%10)nc(-c%10ccccc%10)n9)cc8)n7)c6)ccc45)cc3)nn2)cc1. The molecule has 0 amide bonds. The minimum atomic E-state index is 0.491. The van der Waals surface area contributed by atoms with Crippen LogP contribution in [0.4, 0.5) is 0 Å². The highest BCUT2D eigenvalue weighted by molar-refractivity contribution is 6.14. The number of hydrogen-bond donors (Lipinski definition) is 0. The predicted octanol–water partition coefficient (Wildman–Crippen LogP) is 24.4. The first-order chi connectivity index (χ1) is 54.5. The largest absolute Gasteiger partial charge is 0.455 e. The van der Waals surface area contributed by atoms with Crippen LogP contribution in [0.15, 0.2) is 373 Å². The van der Waals surface area contributed by atoms with Crippen LogP contribution in [0.1, 0.15) is 0 Å². The number of fused-ring (bicyclic) bond motifs is 6. The Labute approximate surface area is 632 Å². The third kappa shape index (κ3) is 12.3. The van der Waals surface area contributed by atoms with E-state index in [0.717, 1.165) is 167 Å². The molecule has 12 nitrogen and oxygen atoms in total. The van der Waals surface area contributed by atoms with Gasteiger partial charge in [0.25, 0.3) is 0 Å². The van der Waals surface area contributed by atoms with Gasteiger partial charge in [0.05, 0.1) is 28.3 Å². The summed E-state index contributed by atoms with van der Waals surface area (Å²) in [5.41, 5.74) is 23.8. The molecule has 0 aliphatic carbocycles. The molecule has 0 aliphatic rings. The first-order valence-electron chi connectivity index (χ1n) is 36.4. The molecule has 6 aromatic heterocycles. The molecule has 0 N–H and O–H groups in total. The molecule has 6 heterocycles. The van der Waals surface area contributed by atoms with E-state index in [0.29, 0.717) is 46.4 Å². The molecule has 514 valence electrons. The molecule has 110 heavy (non-hydrogen) atoms. The predicted molar refractivity (Wildman–Crippen MR) is 440 cm³/mol. The molecule has 0 fully saturated rings. The first-order valence-corrected chi connectivity index (χ1v) is 36.4. The van der Waals surface area contributed by atoms with Crippen LogP contribution in [-0.2, 0) is 0 Å². The number of nitrogens with zero attached hydrogens (tertiary/aromatic N) is 10. The van der Waals surface area contributed by atoms with Gasteiger partial charge in [-0.2, -0.15) is 0 Å². The smallest absolute Gasteiger partial charge is 0.168 e. The lowest BCUT2D eigenvalue weighted by atomic mass is 9.91. The lowest BCUT2D eigenvalue weighted by Crippen LogP contribution is -2.01. The van der Waals surface area contributed by atoms with E-state index in [2.05, 4.69) is 181 Å². The van der Waals surface area contributed by atoms with Gasteiger partial charge in [0.1, 0.15) is 22.3 Å². The van der Waals surface area contributed by atoms with Crippen molar-refractivity contribution in [3.05, 3.63) is 364 Å². The topological polar surface area (TPSA) is 155 Å². The molecule has 0 radical (unpaired) electrons. The average molecular weight is 1410 g/mol. The second-order valence-corrected chi connectivity index (χ2v) is 27.0. The Balaban J connectivity index is 0.665. The Bertz CT molecular complexity index is 6710. The van der Waals surface area contributed by atoms with Gasteiger partial charge in [-0.1, -0.05) is 309 Å². The zero-order valence-corrected chi connectivity index (χ0v) is 58.9. The summed E-state index contributed by atoms with van der Waals surface area (Å²) >= 11 is 0. The number of aromatic nitrogens is 10. The minimum absolute atomic E-state index is 0.491. The van der Waals surface area contributed by atoms with Gasteiger partial charge >= 0.3 is 0 Å². The summed E-state index contributed by atoms with van der Waals surface area (Å²) in [5.74, 6) is 3.86. The second kappa shape index (κ2) is 27.7. The molecular weight excluding hydrogens is 1350 g/mol. The zero-order chi connectivity index (χ0) is 72.9. The van der Waals surface area contributed by atoms with Gasteiger partial charge in [-0.15, -0.1) is 10.2 Å². The Hall–Kier alpha value is -15.1. The van der Waals surface area contributed by atoms with Crippen molar-refractivity contribution in [1.82, 2.24) is 50.1 Å². The highest BCUT2D eigenvalue weighted by Crippen LogP contribution is 2.46. The fourth-order valence-corrected chi connectivity index (χ4v) is 14.7. The maximum absolute atomic E-state index is 7.23. The van der Waals surface area contributed by atoms with Crippen LogP contribution in [0.5, 0.6) is 0 Å². The summed E-state index contributed by atoms with van der Waals surface area (Å²) in [6.45, 7) is 0. The summed E-state index contributed by atoms with van der Waals surface area (Å²) in [4.78, 5) is 41.4. The van der Waals surface area contributed by atoms with Crippen molar-refractivity contribution >= 4 is 43.9 Å². The first kappa shape index (κ1) is 64.5. The van der Waals surface area contributed by atoms with E-state index in [4.69, 9.17) is 53.8 Å². The van der Waals surface area contributed by atoms with Gasteiger partial charge < -0.3 is 8.83 Å². The van der Waals surface area contributed by atoms with Crippen molar-refractivity contribution in [2.45, 2.75) is 0 Å². The van der Waals surface area contributed by atoms with Gasteiger partial charge in [0.15, 0.2) is 40.8 Å². The summed E-state index contributed by atoms with van der Waals surface area (Å²) < 4.78 is 14.1. The molecule has 0 unspecified atom stereocenters. The van der Waals surface area contributed by atoms with E-state index >= 15 is 0 Å². The van der Waals surface area contributed by atoms with Crippen LogP contribution in [0.3, 0.4) is 0 Å². The monoisotopic (exact) mass is 1410 g/mol. The standard InChI is InChI=1S/C98H60N10O2/c1-7-22-63(23-8-1)82-56-57-83(108-107-82)65-44-46-67(47-45-65)88-76(61-38-42-66(43-39-61)85-60-84(64-24-9-2-10-25-64)99-92(100-85)68-26-11-3-12-27-68)52-54-81-79-51-50-74(59-87(79)110-90(81)88)73-34-21-35-75(58-73)97-103-93(69-28-13-4-14-29-69)101-96(104-97)72-48-40-62(41-49-72)77-53-55-80-78-36-19-20-37-86(78)109-91(80)89(77)98-105-94(70-30-15-5-16-31-70)102-95(106-98)71-32-17-6-18-33-71/h1-60H. The van der Waals surface area contributed by atoms with Crippen LogP contribution < -0.4 is 0 Å². The van der Waals surface area contributed by atoms with Crippen molar-refractivity contribution in [1.29, 1.82) is 0 Å². The van der Waals surface area contributed by atoms with Crippen molar-refractivity contribution in [3.63, 3.8) is 0 Å². The van der Waals surface area contributed by atoms with E-state index in [1.54, 1.807) is 0 Å². The Morgan fingerprint density at radius 2 is 0.482 bits per heavy atom. The van der Waals surface area contributed by atoms with E-state index in [1.165, 1.54) is 0 Å². The van der Waals surface area contributed by atoms with Crippen molar-refractivity contribution in [2.24, 2.45) is 0 Å². The van der Waals surface area contributed by atoms with Gasteiger partial charge in [-0.3, -0.25) is 0 Å². The van der Waals surface area contributed by atoms with Gasteiger partial charge in [0, 0.05) is 82.7 Å².